The largest absolute Gasteiger partial charge is 0.508 e. The van der Waals surface area contributed by atoms with Crippen molar-refractivity contribution in [2.45, 2.75) is 13.3 Å². The number of carbonyl (C=O) groups excluding carboxylic acids is 1. The molecule has 1 aromatic carbocycles. The molecule has 1 aromatic rings. The Labute approximate surface area is 98.6 Å². The van der Waals surface area contributed by atoms with E-state index in [1.165, 1.54) is 12.1 Å². The van der Waals surface area contributed by atoms with Gasteiger partial charge in [-0.25, -0.2) is 4.79 Å². The number of hydrogen-bond acceptors (Lipinski definition) is 4. The molecule has 0 unspecified atom stereocenters. The zero-order valence-electron chi connectivity index (χ0n) is 9.47. The van der Waals surface area contributed by atoms with Gasteiger partial charge >= 0.3 is 5.97 Å². The van der Waals surface area contributed by atoms with Crippen molar-refractivity contribution < 1.29 is 24.5 Å². The van der Waals surface area contributed by atoms with E-state index in [4.69, 9.17) is 9.84 Å². The predicted molar refractivity (Wildman–Crippen MR) is 60.3 cm³/mol. The number of benzene rings is 1. The van der Waals surface area contributed by atoms with E-state index in [0.717, 1.165) is 0 Å². The van der Waals surface area contributed by atoms with Gasteiger partial charge in [0.05, 0.1) is 0 Å². The highest BCUT2D eigenvalue weighted by Crippen LogP contribution is 2.19. The third-order valence-corrected chi connectivity index (χ3v) is 2.24. The second-order valence-electron chi connectivity index (χ2n) is 3.51. The van der Waals surface area contributed by atoms with Crippen LogP contribution < -0.4 is 0 Å². The number of ether oxygens (including phenoxy) is 1. The molecule has 5 heteroatoms. The number of carboxylic acids is 1. The molecule has 0 aliphatic heterocycles. The van der Waals surface area contributed by atoms with Gasteiger partial charge in [-0.3, -0.25) is 4.79 Å². The molecule has 0 spiro atoms. The lowest BCUT2D eigenvalue weighted by Crippen LogP contribution is -2.14. The topological polar surface area (TPSA) is 83.8 Å². The number of carbonyl (C=O) groups is 2. The van der Waals surface area contributed by atoms with Crippen molar-refractivity contribution >= 4 is 11.8 Å². The van der Waals surface area contributed by atoms with Crippen LogP contribution in [0.4, 0.5) is 0 Å². The first-order valence-corrected chi connectivity index (χ1v) is 5.19. The Morgan fingerprint density at radius 1 is 1.29 bits per heavy atom. The molecule has 0 atom stereocenters. The van der Waals surface area contributed by atoms with Gasteiger partial charge in [0.25, 0.3) is 0 Å². The van der Waals surface area contributed by atoms with E-state index in [1.54, 1.807) is 6.07 Å². The fourth-order valence-corrected chi connectivity index (χ4v) is 1.36. The number of ketones is 1. The van der Waals surface area contributed by atoms with Crippen LogP contribution in [-0.2, 0) is 16.0 Å². The van der Waals surface area contributed by atoms with Crippen LogP contribution in [0.5, 0.6) is 5.75 Å². The highest BCUT2D eigenvalue weighted by Gasteiger charge is 2.09. The summed E-state index contributed by atoms with van der Waals surface area (Å²) in [6.45, 7) is 1.09. The van der Waals surface area contributed by atoms with Crippen LogP contribution in [0, 0.1) is 0 Å². The van der Waals surface area contributed by atoms with Gasteiger partial charge < -0.3 is 14.9 Å². The summed E-state index contributed by atoms with van der Waals surface area (Å²) >= 11 is 0. The van der Waals surface area contributed by atoms with Crippen molar-refractivity contribution in [2.75, 3.05) is 13.2 Å². The van der Waals surface area contributed by atoms with E-state index in [-0.39, 0.29) is 18.1 Å². The number of phenols is 1. The van der Waals surface area contributed by atoms with Gasteiger partial charge in [0.2, 0.25) is 0 Å². The standard InChI is InChI=1S/C12H14O5/c1-2-8-5-9(3-4-10(8)13)11(14)6-17-7-12(15)16/h3-5,13H,2,6-7H2,1H3,(H,15,16). The average Bonchev–Trinajstić information content (AvgIpc) is 2.29. The number of aryl methyl sites for hydroxylation is 1. The summed E-state index contributed by atoms with van der Waals surface area (Å²) < 4.78 is 4.70. The maximum absolute atomic E-state index is 11.6. The van der Waals surface area contributed by atoms with Gasteiger partial charge in [0.1, 0.15) is 19.0 Å². The number of aromatic hydroxyl groups is 1. The Balaban J connectivity index is 2.66. The molecular formula is C12H14O5. The first-order chi connectivity index (χ1) is 8.04. The minimum atomic E-state index is -1.11. The quantitative estimate of drug-likeness (QED) is 0.728. The molecule has 0 fully saturated rings. The maximum atomic E-state index is 11.6. The van der Waals surface area contributed by atoms with Crippen molar-refractivity contribution in [3.05, 3.63) is 29.3 Å². The molecule has 0 saturated carbocycles. The zero-order chi connectivity index (χ0) is 12.8. The summed E-state index contributed by atoms with van der Waals surface area (Å²) in [5.41, 5.74) is 1.08. The molecule has 0 radical (unpaired) electrons. The summed E-state index contributed by atoms with van der Waals surface area (Å²) in [6, 6.07) is 4.52. The summed E-state index contributed by atoms with van der Waals surface area (Å²) in [6.07, 6.45) is 0.614. The van der Waals surface area contributed by atoms with E-state index in [0.29, 0.717) is 17.5 Å². The minimum Gasteiger partial charge on any atom is -0.508 e. The molecule has 0 aliphatic carbocycles. The number of rotatable bonds is 6. The Bertz CT molecular complexity index is 425. The number of phenolic OH excluding ortho intramolecular Hbond substituents is 1. The number of Topliss-reactive ketones (excluding diaryl/α,β-unsaturated/α-hetero) is 1. The van der Waals surface area contributed by atoms with Crippen LogP contribution in [-0.4, -0.2) is 35.2 Å². The van der Waals surface area contributed by atoms with Crippen LogP contribution in [0.15, 0.2) is 18.2 Å². The van der Waals surface area contributed by atoms with Crippen molar-refractivity contribution in [2.24, 2.45) is 0 Å². The molecular weight excluding hydrogens is 224 g/mol. The fourth-order valence-electron chi connectivity index (χ4n) is 1.36. The van der Waals surface area contributed by atoms with Gasteiger partial charge in [-0.05, 0) is 30.2 Å². The van der Waals surface area contributed by atoms with Gasteiger partial charge in [-0.15, -0.1) is 0 Å². The molecule has 0 aliphatic rings. The molecule has 0 aromatic heterocycles. The highest BCUT2D eigenvalue weighted by molar-refractivity contribution is 5.97. The second-order valence-corrected chi connectivity index (χ2v) is 3.51. The Kier molecular flexibility index (Phi) is 4.66. The van der Waals surface area contributed by atoms with Gasteiger partial charge in [-0.2, -0.15) is 0 Å². The molecule has 0 amide bonds. The van der Waals surface area contributed by atoms with Crippen LogP contribution in [0.1, 0.15) is 22.8 Å². The Morgan fingerprint density at radius 3 is 2.59 bits per heavy atom. The third kappa shape index (κ3) is 3.88. The summed E-state index contributed by atoms with van der Waals surface area (Å²) in [5, 5.41) is 17.8. The van der Waals surface area contributed by atoms with E-state index in [2.05, 4.69) is 0 Å². The number of hydrogen-bond donors (Lipinski definition) is 2. The molecule has 5 nitrogen and oxygen atoms in total. The third-order valence-electron chi connectivity index (χ3n) is 2.24. The van der Waals surface area contributed by atoms with E-state index >= 15 is 0 Å². The Hall–Kier alpha value is -1.88. The Morgan fingerprint density at radius 2 is 2.00 bits per heavy atom. The summed E-state index contributed by atoms with van der Waals surface area (Å²) in [5.74, 6) is -1.27. The van der Waals surface area contributed by atoms with Crippen LogP contribution in [0.3, 0.4) is 0 Å². The van der Waals surface area contributed by atoms with Gasteiger partial charge in [-0.1, -0.05) is 6.92 Å². The molecule has 92 valence electrons. The van der Waals surface area contributed by atoms with Crippen molar-refractivity contribution in [1.29, 1.82) is 0 Å². The van der Waals surface area contributed by atoms with E-state index in [9.17, 15) is 14.7 Å². The van der Waals surface area contributed by atoms with E-state index in [1.807, 2.05) is 6.92 Å². The minimum absolute atomic E-state index is 0.149. The van der Waals surface area contributed by atoms with Crippen LogP contribution in [0.2, 0.25) is 0 Å². The highest BCUT2D eigenvalue weighted by atomic mass is 16.5. The summed E-state index contributed by atoms with van der Waals surface area (Å²) in [7, 11) is 0. The number of aliphatic carboxylic acids is 1. The van der Waals surface area contributed by atoms with Gasteiger partial charge in [0.15, 0.2) is 5.78 Å². The average molecular weight is 238 g/mol. The SMILES string of the molecule is CCc1cc(C(=O)COCC(=O)O)ccc1O. The fraction of sp³-hybridized carbons (Fsp3) is 0.333. The lowest BCUT2D eigenvalue weighted by atomic mass is 10.0. The van der Waals surface area contributed by atoms with Gasteiger partial charge in [0, 0.05) is 5.56 Å². The van der Waals surface area contributed by atoms with Crippen molar-refractivity contribution in [3.63, 3.8) is 0 Å². The number of carboxylic acid groups (broad SMARTS) is 1. The predicted octanol–water partition coefficient (Wildman–Crippen LogP) is 1.24. The lowest BCUT2D eigenvalue weighted by Gasteiger charge is -2.05. The maximum Gasteiger partial charge on any atom is 0.329 e. The zero-order valence-corrected chi connectivity index (χ0v) is 9.47. The molecule has 2 N–H and O–H groups in total. The monoisotopic (exact) mass is 238 g/mol. The van der Waals surface area contributed by atoms with Crippen molar-refractivity contribution in [3.8, 4) is 5.75 Å². The molecule has 1 rings (SSSR count). The summed E-state index contributed by atoms with van der Waals surface area (Å²) in [4.78, 5) is 21.8. The lowest BCUT2D eigenvalue weighted by molar-refractivity contribution is -0.141. The normalized spacial score (nSPS) is 10.2. The van der Waals surface area contributed by atoms with Crippen molar-refractivity contribution in [1.82, 2.24) is 0 Å². The van der Waals surface area contributed by atoms with E-state index < -0.39 is 12.6 Å². The molecule has 0 heterocycles. The van der Waals surface area contributed by atoms with Crippen LogP contribution >= 0.6 is 0 Å². The molecule has 0 bridgehead atoms. The first-order valence-electron chi connectivity index (χ1n) is 5.19. The smallest absolute Gasteiger partial charge is 0.329 e. The first kappa shape index (κ1) is 13.2. The molecule has 0 saturated heterocycles. The second kappa shape index (κ2) is 6.00. The van der Waals surface area contributed by atoms with Crippen LogP contribution in [0.25, 0.3) is 0 Å². The molecule has 17 heavy (non-hydrogen) atoms.